The van der Waals surface area contributed by atoms with Crippen LogP contribution in [-0.2, 0) is 4.74 Å². The van der Waals surface area contributed by atoms with Crippen LogP contribution in [0.15, 0.2) is 6.33 Å². The number of nitrogens with zero attached hydrogens (tertiary/aromatic N) is 3. The van der Waals surface area contributed by atoms with Crippen molar-refractivity contribution in [3.05, 3.63) is 11.9 Å². The highest BCUT2D eigenvalue weighted by Gasteiger charge is 2.26. The monoisotopic (exact) mass is 250 g/mol. The Morgan fingerprint density at radius 3 is 2.44 bits per heavy atom. The third-order valence-corrected chi connectivity index (χ3v) is 3.19. The molecule has 0 saturated carbocycles. The molecule has 0 aromatic carbocycles. The zero-order valence-corrected chi connectivity index (χ0v) is 11.6. The number of nitrogens with two attached hydrogens (primary N) is 1. The Bertz CT molecular complexity index is 411. The molecule has 2 rings (SSSR count). The molecule has 18 heavy (non-hydrogen) atoms. The molecule has 5 nitrogen and oxygen atoms in total. The van der Waals surface area contributed by atoms with Crippen LogP contribution in [0.3, 0.4) is 0 Å². The molecule has 2 heterocycles. The standard InChI is InChI=1S/C13H22N4O/c1-8(2)11-12(14)15-7-16-13(11)17-5-9(3)18-10(4)6-17/h7-10H,5-6H2,1-4H3,(H2,14,15,16)/t9-,10+. The van der Waals surface area contributed by atoms with Gasteiger partial charge < -0.3 is 15.4 Å². The Balaban J connectivity index is 2.35. The van der Waals surface area contributed by atoms with E-state index in [1.807, 2.05) is 0 Å². The van der Waals surface area contributed by atoms with Crippen LogP contribution in [0.2, 0.25) is 0 Å². The lowest BCUT2D eigenvalue weighted by molar-refractivity contribution is -0.00552. The van der Waals surface area contributed by atoms with Gasteiger partial charge in [0.15, 0.2) is 0 Å². The van der Waals surface area contributed by atoms with Crippen LogP contribution in [-0.4, -0.2) is 35.3 Å². The van der Waals surface area contributed by atoms with Crippen molar-refractivity contribution in [2.24, 2.45) is 0 Å². The molecule has 0 unspecified atom stereocenters. The van der Waals surface area contributed by atoms with Crippen LogP contribution in [0.1, 0.15) is 39.2 Å². The van der Waals surface area contributed by atoms with Crippen molar-refractivity contribution in [1.29, 1.82) is 0 Å². The van der Waals surface area contributed by atoms with Crippen LogP contribution in [0.5, 0.6) is 0 Å². The molecule has 0 spiro atoms. The lowest BCUT2D eigenvalue weighted by Gasteiger charge is -2.37. The summed E-state index contributed by atoms with van der Waals surface area (Å²) in [5.74, 6) is 1.86. The summed E-state index contributed by atoms with van der Waals surface area (Å²) in [5, 5.41) is 0. The normalized spacial score (nSPS) is 24.6. The number of nitrogen functional groups attached to an aromatic ring is 1. The maximum Gasteiger partial charge on any atom is 0.137 e. The number of rotatable bonds is 2. The van der Waals surface area contributed by atoms with Gasteiger partial charge >= 0.3 is 0 Å². The highest BCUT2D eigenvalue weighted by Crippen LogP contribution is 2.30. The van der Waals surface area contributed by atoms with Crippen LogP contribution < -0.4 is 10.6 Å². The number of ether oxygens (including phenoxy) is 1. The van der Waals surface area contributed by atoms with Crippen LogP contribution in [0, 0.1) is 0 Å². The zero-order valence-electron chi connectivity index (χ0n) is 11.6. The van der Waals surface area contributed by atoms with E-state index in [4.69, 9.17) is 10.5 Å². The van der Waals surface area contributed by atoms with E-state index in [0.717, 1.165) is 24.5 Å². The molecule has 2 N–H and O–H groups in total. The summed E-state index contributed by atoms with van der Waals surface area (Å²) >= 11 is 0. The van der Waals surface area contributed by atoms with E-state index in [0.29, 0.717) is 11.7 Å². The first-order valence-corrected chi connectivity index (χ1v) is 6.49. The first-order chi connectivity index (χ1) is 8.49. The molecule has 0 radical (unpaired) electrons. The summed E-state index contributed by atoms with van der Waals surface area (Å²) in [5.41, 5.74) is 7.03. The van der Waals surface area contributed by atoms with Crippen molar-refractivity contribution in [2.45, 2.75) is 45.8 Å². The Kier molecular flexibility index (Phi) is 3.71. The van der Waals surface area contributed by atoms with E-state index >= 15 is 0 Å². The highest BCUT2D eigenvalue weighted by molar-refractivity contribution is 5.58. The summed E-state index contributed by atoms with van der Waals surface area (Å²) in [7, 11) is 0. The molecule has 1 fully saturated rings. The van der Waals surface area contributed by atoms with E-state index < -0.39 is 0 Å². The van der Waals surface area contributed by atoms with Crippen molar-refractivity contribution in [1.82, 2.24) is 9.97 Å². The highest BCUT2D eigenvalue weighted by atomic mass is 16.5. The third-order valence-electron chi connectivity index (χ3n) is 3.19. The van der Waals surface area contributed by atoms with Gasteiger partial charge in [0.2, 0.25) is 0 Å². The minimum atomic E-state index is 0.213. The van der Waals surface area contributed by atoms with Gasteiger partial charge in [-0.1, -0.05) is 13.8 Å². The van der Waals surface area contributed by atoms with Crippen molar-refractivity contribution >= 4 is 11.6 Å². The summed E-state index contributed by atoms with van der Waals surface area (Å²) < 4.78 is 5.75. The quantitative estimate of drug-likeness (QED) is 0.867. The molecule has 0 amide bonds. The fourth-order valence-corrected chi connectivity index (χ4v) is 2.56. The predicted molar refractivity (Wildman–Crippen MR) is 72.8 cm³/mol. The second kappa shape index (κ2) is 5.10. The number of hydrogen-bond donors (Lipinski definition) is 1. The van der Waals surface area contributed by atoms with Gasteiger partial charge in [0.1, 0.15) is 18.0 Å². The van der Waals surface area contributed by atoms with Crippen molar-refractivity contribution in [3.63, 3.8) is 0 Å². The van der Waals surface area contributed by atoms with Gasteiger partial charge in [-0.3, -0.25) is 0 Å². The SMILES string of the molecule is CC(C)c1c(N)ncnc1N1C[C@@H](C)O[C@@H](C)C1. The topological polar surface area (TPSA) is 64.3 Å². The number of anilines is 2. The van der Waals surface area contributed by atoms with Gasteiger partial charge in [0.25, 0.3) is 0 Å². The first kappa shape index (κ1) is 13.1. The second-order valence-corrected chi connectivity index (χ2v) is 5.31. The summed E-state index contributed by atoms with van der Waals surface area (Å²) in [6.07, 6.45) is 1.97. The predicted octanol–water partition coefficient (Wildman–Crippen LogP) is 1.80. The fourth-order valence-electron chi connectivity index (χ4n) is 2.56. The summed E-state index contributed by atoms with van der Waals surface area (Å²) in [6, 6.07) is 0. The molecular weight excluding hydrogens is 228 g/mol. The number of aromatic nitrogens is 2. The smallest absolute Gasteiger partial charge is 0.137 e. The van der Waals surface area contributed by atoms with Gasteiger partial charge in [0.05, 0.1) is 12.2 Å². The molecule has 0 bridgehead atoms. The lowest BCUT2D eigenvalue weighted by atomic mass is 10.0. The summed E-state index contributed by atoms with van der Waals surface area (Å²) in [4.78, 5) is 10.8. The Morgan fingerprint density at radius 2 is 1.89 bits per heavy atom. The van der Waals surface area contributed by atoms with Crippen molar-refractivity contribution in [2.75, 3.05) is 23.7 Å². The van der Waals surface area contributed by atoms with E-state index in [1.54, 1.807) is 6.33 Å². The van der Waals surface area contributed by atoms with E-state index in [-0.39, 0.29) is 12.2 Å². The Morgan fingerprint density at radius 1 is 1.28 bits per heavy atom. The van der Waals surface area contributed by atoms with Gasteiger partial charge in [-0.05, 0) is 19.8 Å². The molecule has 1 aromatic heterocycles. The molecular formula is C13H22N4O. The summed E-state index contributed by atoms with van der Waals surface area (Å²) in [6.45, 7) is 10.1. The molecule has 2 atom stereocenters. The second-order valence-electron chi connectivity index (χ2n) is 5.31. The third kappa shape index (κ3) is 2.56. The molecule has 1 aliphatic heterocycles. The van der Waals surface area contributed by atoms with Gasteiger partial charge in [-0.15, -0.1) is 0 Å². The Labute approximate surface area is 108 Å². The Hall–Kier alpha value is -1.36. The average Bonchev–Trinajstić information content (AvgIpc) is 2.26. The lowest BCUT2D eigenvalue weighted by Crippen LogP contribution is -2.46. The van der Waals surface area contributed by atoms with E-state index in [2.05, 4.69) is 42.6 Å². The maximum atomic E-state index is 5.99. The van der Waals surface area contributed by atoms with Gasteiger partial charge in [-0.25, -0.2) is 9.97 Å². The molecule has 0 aliphatic carbocycles. The van der Waals surface area contributed by atoms with Gasteiger partial charge in [-0.2, -0.15) is 0 Å². The number of hydrogen-bond acceptors (Lipinski definition) is 5. The molecule has 1 saturated heterocycles. The van der Waals surface area contributed by atoms with Gasteiger partial charge in [0, 0.05) is 18.7 Å². The number of morpholine rings is 1. The molecule has 100 valence electrons. The average molecular weight is 250 g/mol. The minimum Gasteiger partial charge on any atom is -0.383 e. The maximum absolute atomic E-state index is 5.99. The fraction of sp³-hybridized carbons (Fsp3) is 0.692. The van der Waals surface area contributed by atoms with Crippen molar-refractivity contribution < 1.29 is 4.74 Å². The molecule has 1 aliphatic rings. The first-order valence-electron chi connectivity index (χ1n) is 6.49. The van der Waals surface area contributed by atoms with Crippen LogP contribution in [0.25, 0.3) is 0 Å². The molecule has 1 aromatic rings. The van der Waals surface area contributed by atoms with E-state index in [1.165, 1.54) is 0 Å². The minimum absolute atomic E-state index is 0.213. The largest absolute Gasteiger partial charge is 0.383 e. The van der Waals surface area contributed by atoms with Crippen LogP contribution in [0.4, 0.5) is 11.6 Å². The van der Waals surface area contributed by atoms with Crippen LogP contribution >= 0.6 is 0 Å². The zero-order chi connectivity index (χ0) is 13.3. The molecule has 5 heteroatoms. The van der Waals surface area contributed by atoms with E-state index in [9.17, 15) is 0 Å². The van der Waals surface area contributed by atoms with Crippen molar-refractivity contribution in [3.8, 4) is 0 Å².